The number of rotatable bonds is 5. The van der Waals surface area contributed by atoms with Gasteiger partial charge in [-0.15, -0.1) is 0 Å². The third-order valence-electron chi connectivity index (χ3n) is 2.81. The molecule has 4 nitrogen and oxygen atoms in total. The van der Waals surface area contributed by atoms with E-state index in [1.165, 1.54) is 0 Å². The zero-order chi connectivity index (χ0) is 15.5. The molecular formula is C14H14BrClN2O2S. The molecule has 2 aromatic carbocycles. The molecule has 0 spiro atoms. The Morgan fingerprint density at radius 3 is 2.29 bits per heavy atom. The average molecular weight is 390 g/mol. The van der Waals surface area contributed by atoms with Crippen LogP contribution in [0.25, 0.3) is 0 Å². The summed E-state index contributed by atoms with van der Waals surface area (Å²) >= 11 is 9.20. The molecule has 7 heteroatoms. The lowest BCUT2D eigenvalue weighted by atomic mass is 10.1. The van der Waals surface area contributed by atoms with Gasteiger partial charge in [-0.3, -0.25) is 4.72 Å². The molecule has 0 aliphatic carbocycles. The van der Waals surface area contributed by atoms with Crippen LogP contribution >= 0.6 is 27.5 Å². The molecule has 2 rings (SSSR count). The van der Waals surface area contributed by atoms with Crippen molar-refractivity contribution in [2.24, 2.45) is 5.73 Å². The Morgan fingerprint density at radius 2 is 1.71 bits per heavy atom. The normalized spacial score (nSPS) is 11.4. The zero-order valence-electron chi connectivity index (χ0n) is 11.0. The van der Waals surface area contributed by atoms with Crippen LogP contribution in [0.5, 0.6) is 0 Å². The number of sulfonamides is 1. The van der Waals surface area contributed by atoms with Crippen LogP contribution < -0.4 is 10.5 Å². The van der Waals surface area contributed by atoms with Gasteiger partial charge >= 0.3 is 0 Å². The number of hydrogen-bond donors (Lipinski definition) is 2. The molecule has 3 N–H and O–H groups in total. The van der Waals surface area contributed by atoms with Gasteiger partial charge < -0.3 is 5.73 Å². The minimum absolute atomic E-state index is 0.106. The van der Waals surface area contributed by atoms with Crippen LogP contribution in [-0.2, 0) is 22.3 Å². The first kappa shape index (κ1) is 16.3. The Bertz CT molecular complexity index is 733. The zero-order valence-corrected chi connectivity index (χ0v) is 14.2. The Kier molecular flexibility index (Phi) is 5.27. The average Bonchev–Trinajstić information content (AvgIpc) is 2.43. The highest BCUT2D eigenvalue weighted by atomic mass is 79.9. The van der Waals surface area contributed by atoms with Crippen molar-refractivity contribution in [2.45, 2.75) is 12.3 Å². The number of halogens is 2. The molecule has 0 saturated carbocycles. The van der Waals surface area contributed by atoms with Gasteiger partial charge in [-0.25, -0.2) is 8.42 Å². The van der Waals surface area contributed by atoms with Crippen molar-refractivity contribution in [3.8, 4) is 0 Å². The number of nitrogens with two attached hydrogens (primary N) is 1. The van der Waals surface area contributed by atoms with Crippen molar-refractivity contribution in [3.63, 3.8) is 0 Å². The first-order valence-corrected chi connectivity index (χ1v) is 8.95. The fourth-order valence-corrected chi connectivity index (χ4v) is 3.38. The Morgan fingerprint density at radius 1 is 1.10 bits per heavy atom. The second-order valence-corrected chi connectivity index (χ2v) is 7.49. The second kappa shape index (κ2) is 6.79. The Labute approximate surface area is 137 Å². The lowest BCUT2D eigenvalue weighted by molar-refractivity contribution is 0.600. The molecule has 0 fully saturated rings. The summed E-state index contributed by atoms with van der Waals surface area (Å²) in [5, 5.41) is 0.447. The van der Waals surface area contributed by atoms with Crippen molar-refractivity contribution in [1.29, 1.82) is 0 Å². The first-order valence-electron chi connectivity index (χ1n) is 6.13. The summed E-state index contributed by atoms with van der Waals surface area (Å²) in [5.41, 5.74) is 7.60. The SMILES string of the molecule is NCc1ccc(CS(=O)(=O)Nc2ccc(Br)c(Cl)c2)cc1. The van der Waals surface area contributed by atoms with Crippen molar-refractivity contribution in [1.82, 2.24) is 0 Å². The molecule has 2 aromatic rings. The largest absolute Gasteiger partial charge is 0.326 e. The maximum Gasteiger partial charge on any atom is 0.236 e. The molecule has 0 heterocycles. The van der Waals surface area contributed by atoms with Gasteiger partial charge in [-0.2, -0.15) is 0 Å². The van der Waals surface area contributed by atoms with Gasteiger partial charge in [0.2, 0.25) is 10.0 Å². The number of benzene rings is 2. The molecule has 0 atom stereocenters. The van der Waals surface area contributed by atoms with E-state index in [-0.39, 0.29) is 5.75 Å². The lowest BCUT2D eigenvalue weighted by Gasteiger charge is -2.09. The highest BCUT2D eigenvalue weighted by molar-refractivity contribution is 9.10. The quantitative estimate of drug-likeness (QED) is 0.822. The van der Waals surface area contributed by atoms with Crippen LogP contribution in [0.1, 0.15) is 11.1 Å². The van der Waals surface area contributed by atoms with E-state index in [1.807, 2.05) is 12.1 Å². The van der Waals surface area contributed by atoms with Crippen LogP contribution in [0, 0.1) is 0 Å². The van der Waals surface area contributed by atoms with Gasteiger partial charge in [-0.1, -0.05) is 35.9 Å². The smallest absolute Gasteiger partial charge is 0.236 e. The van der Waals surface area contributed by atoms with Crippen LogP contribution in [0.15, 0.2) is 46.9 Å². The van der Waals surface area contributed by atoms with Gasteiger partial charge in [-0.05, 0) is 45.3 Å². The topological polar surface area (TPSA) is 72.2 Å². The number of anilines is 1. The van der Waals surface area contributed by atoms with E-state index >= 15 is 0 Å². The van der Waals surface area contributed by atoms with Crippen LogP contribution in [-0.4, -0.2) is 8.42 Å². The third-order valence-corrected chi connectivity index (χ3v) is 5.30. The Balaban J connectivity index is 2.12. The fourth-order valence-electron chi connectivity index (χ4n) is 1.77. The van der Waals surface area contributed by atoms with Crippen molar-refractivity contribution >= 4 is 43.2 Å². The fraction of sp³-hybridized carbons (Fsp3) is 0.143. The third kappa shape index (κ3) is 4.71. The van der Waals surface area contributed by atoms with Gasteiger partial charge in [0, 0.05) is 11.0 Å². The van der Waals surface area contributed by atoms with E-state index in [0.29, 0.717) is 27.3 Å². The minimum atomic E-state index is -3.49. The van der Waals surface area contributed by atoms with Crippen molar-refractivity contribution < 1.29 is 8.42 Å². The number of hydrogen-bond acceptors (Lipinski definition) is 3. The second-order valence-electron chi connectivity index (χ2n) is 4.51. The van der Waals surface area contributed by atoms with Crippen LogP contribution in [0.2, 0.25) is 5.02 Å². The molecule has 21 heavy (non-hydrogen) atoms. The van der Waals surface area contributed by atoms with Crippen molar-refractivity contribution in [2.75, 3.05) is 4.72 Å². The molecule has 0 radical (unpaired) electrons. The van der Waals surface area contributed by atoms with Crippen LogP contribution in [0.3, 0.4) is 0 Å². The predicted octanol–water partition coefficient (Wildman–Crippen LogP) is 3.50. The van der Waals surface area contributed by atoms with Crippen LogP contribution in [0.4, 0.5) is 5.69 Å². The molecule has 0 aliphatic rings. The Hall–Kier alpha value is -1.08. The van der Waals surface area contributed by atoms with Gasteiger partial charge in [0.05, 0.1) is 16.5 Å². The predicted molar refractivity (Wildman–Crippen MR) is 89.7 cm³/mol. The molecule has 112 valence electrons. The van der Waals surface area contributed by atoms with Gasteiger partial charge in [0.15, 0.2) is 0 Å². The highest BCUT2D eigenvalue weighted by Crippen LogP contribution is 2.26. The number of nitrogens with one attached hydrogen (secondary N) is 1. The molecular weight excluding hydrogens is 376 g/mol. The summed E-state index contributed by atoms with van der Waals surface area (Å²) in [6.07, 6.45) is 0. The summed E-state index contributed by atoms with van der Waals surface area (Å²) in [6.45, 7) is 0.433. The van der Waals surface area contributed by atoms with Gasteiger partial charge in [0.1, 0.15) is 0 Å². The standard InChI is InChI=1S/C14H14BrClN2O2S/c15-13-6-5-12(7-14(13)16)18-21(19,20)9-11-3-1-10(8-17)2-4-11/h1-7,18H,8-9,17H2. The minimum Gasteiger partial charge on any atom is -0.326 e. The molecule has 0 aromatic heterocycles. The lowest BCUT2D eigenvalue weighted by Crippen LogP contribution is -2.15. The first-order chi connectivity index (χ1) is 9.89. The van der Waals surface area contributed by atoms with E-state index in [1.54, 1.807) is 30.3 Å². The van der Waals surface area contributed by atoms with Gasteiger partial charge in [0.25, 0.3) is 0 Å². The van der Waals surface area contributed by atoms with E-state index in [9.17, 15) is 8.42 Å². The summed E-state index contributed by atoms with van der Waals surface area (Å²) in [6, 6.07) is 12.1. The van der Waals surface area contributed by atoms with E-state index in [2.05, 4.69) is 20.7 Å². The maximum absolute atomic E-state index is 12.1. The van der Waals surface area contributed by atoms with E-state index < -0.39 is 10.0 Å². The highest BCUT2D eigenvalue weighted by Gasteiger charge is 2.12. The van der Waals surface area contributed by atoms with Crippen molar-refractivity contribution in [3.05, 3.63) is 63.1 Å². The monoisotopic (exact) mass is 388 g/mol. The summed E-state index contributed by atoms with van der Waals surface area (Å²) < 4.78 is 27.5. The molecule has 0 aliphatic heterocycles. The maximum atomic E-state index is 12.1. The van der Waals surface area contributed by atoms with E-state index in [0.717, 1.165) is 5.56 Å². The summed E-state index contributed by atoms with van der Waals surface area (Å²) in [5.74, 6) is -0.106. The van der Waals surface area contributed by atoms with E-state index in [4.69, 9.17) is 17.3 Å². The summed E-state index contributed by atoms with van der Waals surface area (Å²) in [4.78, 5) is 0. The molecule has 0 bridgehead atoms. The molecule has 0 unspecified atom stereocenters. The summed E-state index contributed by atoms with van der Waals surface area (Å²) in [7, 11) is -3.49. The molecule has 0 amide bonds. The molecule has 0 saturated heterocycles.